The summed E-state index contributed by atoms with van der Waals surface area (Å²) < 4.78 is 37.7. The summed E-state index contributed by atoms with van der Waals surface area (Å²) in [5, 5.41) is 0.933. The van der Waals surface area contributed by atoms with Gasteiger partial charge in [-0.3, -0.25) is 4.79 Å². The zero-order chi connectivity index (χ0) is 24.2. The van der Waals surface area contributed by atoms with E-state index in [2.05, 4.69) is 4.72 Å². The molecule has 0 unspecified atom stereocenters. The normalized spacial score (nSPS) is 11.6. The molecular weight excluding hydrogens is 466 g/mol. The van der Waals surface area contributed by atoms with Gasteiger partial charge in [-0.05, 0) is 57.4 Å². The molecule has 7 nitrogen and oxygen atoms in total. The van der Waals surface area contributed by atoms with Gasteiger partial charge in [-0.25, -0.2) is 17.9 Å². The summed E-state index contributed by atoms with van der Waals surface area (Å²) in [6.45, 7) is 5.65. The molecule has 2 aromatic carbocycles. The monoisotopic (exact) mass is 491 g/mol. The smallest absolute Gasteiger partial charge is 0.339 e. The number of esters is 1. The molecule has 0 amide bonds. The van der Waals surface area contributed by atoms with E-state index >= 15 is 0 Å². The van der Waals surface area contributed by atoms with Gasteiger partial charge >= 0.3 is 11.6 Å². The lowest BCUT2D eigenvalue weighted by molar-refractivity contribution is -0.134. The zero-order valence-electron chi connectivity index (χ0n) is 18.7. The maximum Gasteiger partial charge on any atom is 0.339 e. The predicted octanol–water partition coefficient (Wildman–Crippen LogP) is 4.82. The molecule has 9 heteroatoms. The van der Waals surface area contributed by atoms with Gasteiger partial charge in [0.15, 0.2) is 5.75 Å². The molecule has 1 aromatic heterocycles. The van der Waals surface area contributed by atoms with Crippen molar-refractivity contribution in [1.82, 2.24) is 4.72 Å². The summed E-state index contributed by atoms with van der Waals surface area (Å²) in [5.74, 6) is -0.339. The molecule has 0 bridgehead atoms. The van der Waals surface area contributed by atoms with Crippen LogP contribution in [0.5, 0.6) is 5.75 Å². The first-order valence-corrected chi connectivity index (χ1v) is 12.4. The highest BCUT2D eigenvalue weighted by Crippen LogP contribution is 2.32. The van der Waals surface area contributed by atoms with Gasteiger partial charge in [-0.2, -0.15) is 0 Å². The van der Waals surface area contributed by atoms with Crippen molar-refractivity contribution in [3.05, 3.63) is 68.5 Å². The Balaban J connectivity index is 1.47. The minimum atomic E-state index is -3.54. The number of aryl methyl sites for hydroxylation is 2. The first-order chi connectivity index (χ1) is 15.6. The van der Waals surface area contributed by atoms with Gasteiger partial charge < -0.3 is 9.15 Å². The Kier molecular flexibility index (Phi) is 7.94. The molecule has 0 saturated carbocycles. The van der Waals surface area contributed by atoms with Crippen molar-refractivity contribution in [3.63, 3.8) is 0 Å². The van der Waals surface area contributed by atoms with Crippen LogP contribution >= 0.6 is 11.6 Å². The minimum absolute atomic E-state index is 0.131. The van der Waals surface area contributed by atoms with Crippen molar-refractivity contribution in [1.29, 1.82) is 0 Å². The van der Waals surface area contributed by atoms with Gasteiger partial charge in [0.25, 0.3) is 0 Å². The number of unbranched alkanes of at least 4 members (excludes halogenated alkanes) is 2. The quantitative estimate of drug-likeness (QED) is 0.199. The van der Waals surface area contributed by atoms with E-state index in [1.807, 2.05) is 6.92 Å². The van der Waals surface area contributed by atoms with E-state index in [9.17, 15) is 18.0 Å². The number of fused-ring (bicyclic) bond motifs is 1. The Hall–Kier alpha value is -2.68. The van der Waals surface area contributed by atoms with Crippen LogP contribution in [0.25, 0.3) is 11.0 Å². The number of rotatable bonds is 9. The number of hydrogen-bond acceptors (Lipinski definition) is 6. The number of nitrogens with one attached hydrogen (secondary N) is 1. The van der Waals surface area contributed by atoms with Crippen molar-refractivity contribution >= 4 is 38.6 Å². The summed E-state index contributed by atoms with van der Waals surface area (Å²) in [5.41, 5.74) is 2.11. The fourth-order valence-corrected chi connectivity index (χ4v) is 4.55. The molecule has 0 atom stereocenters. The molecule has 0 aliphatic heterocycles. The second-order valence-electron chi connectivity index (χ2n) is 7.91. The number of ether oxygens (including phenoxy) is 1. The number of sulfonamides is 1. The van der Waals surface area contributed by atoms with Crippen LogP contribution in [0.2, 0.25) is 5.02 Å². The lowest BCUT2D eigenvalue weighted by atomic mass is 10.1. The number of hydrogen-bond donors (Lipinski definition) is 1. The molecule has 0 fully saturated rings. The van der Waals surface area contributed by atoms with E-state index in [0.29, 0.717) is 35.8 Å². The van der Waals surface area contributed by atoms with Gasteiger partial charge in [-0.1, -0.05) is 35.7 Å². The Bertz CT molecular complexity index is 1330. The molecule has 0 saturated heterocycles. The largest absolute Gasteiger partial charge is 0.425 e. The molecule has 0 spiro atoms. The van der Waals surface area contributed by atoms with Gasteiger partial charge in [0.1, 0.15) is 5.58 Å². The van der Waals surface area contributed by atoms with Gasteiger partial charge in [0.2, 0.25) is 10.0 Å². The minimum Gasteiger partial charge on any atom is -0.425 e. The lowest BCUT2D eigenvalue weighted by Crippen LogP contribution is -2.24. The fourth-order valence-electron chi connectivity index (χ4n) is 3.27. The Morgan fingerprint density at radius 2 is 1.73 bits per heavy atom. The molecule has 3 rings (SSSR count). The summed E-state index contributed by atoms with van der Waals surface area (Å²) in [6.07, 6.45) is 1.91. The summed E-state index contributed by atoms with van der Waals surface area (Å²) in [6, 6.07) is 9.70. The van der Waals surface area contributed by atoms with Crippen LogP contribution in [0.15, 0.2) is 50.5 Å². The molecule has 0 radical (unpaired) electrons. The lowest BCUT2D eigenvalue weighted by Gasteiger charge is -2.10. The van der Waals surface area contributed by atoms with Crippen molar-refractivity contribution < 1.29 is 22.4 Å². The molecule has 3 aromatic rings. The third-order valence-corrected chi connectivity index (χ3v) is 7.19. The maximum absolute atomic E-state index is 12.2. The van der Waals surface area contributed by atoms with E-state index in [0.717, 1.165) is 11.1 Å². The fraction of sp³-hybridized carbons (Fsp3) is 0.333. The van der Waals surface area contributed by atoms with E-state index in [1.54, 1.807) is 44.2 Å². The third-order valence-electron chi connectivity index (χ3n) is 5.41. The van der Waals surface area contributed by atoms with Crippen molar-refractivity contribution in [2.45, 2.75) is 51.3 Å². The van der Waals surface area contributed by atoms with Gasteiger partial charge in [-0.15, -0.1) is 0 Å². The van der Waals surface area contributed by atoms with E-state index in [4.69, 9.17) is 20.8 Å². The standard InChI is InChI=1S/C24H26ClNO6S/c1-15-8-10-18(11-9-15)33(29,30)26-12-6-4-5-7-23(27)31-22-14-21-19(13-20(22)25)16(2)17(3)24(28)32-21/h8-11,13-14,26H,4-7,12H2,1-3H3. The highest BCUT2D eigenvalue weighted by Gasteiger charge is 2.15. The Labute approximate surface area is 197 Å². The molecule has 33 heavy (non-hydrogen) atoms. The van der Waals surface area contributed by atoms with Crippen LogP contribution in [0.1, 0.15) is 42.4 Å². The van der Waals surface area contributed by atoms with Crippen molar-refractivity contribution in [2.75, 3.05) is 6.54 Å². The SMILES string of the molecule is Cc1ccc(S(=O)(=O)NCCCCCC(=O)Oc2cc3oc(=O)c(C)c(C)c3cc2Cl)cc1. The second kappa shape index (κ2) is 10.5. The summed E-state index contributed by atoms with van der Waals surface area (Å²) in [7, 11) is -3.54. The van der Waals surface area contributed by atoms with Crippen LogP contribution in [-0.2, 0) is 14.8 Å². The first kappa shape index (κ1) is 25.0. The second-order valence-corrected chi connectivity index (χ2v) is 10.1. The predicted molar refractivity (Wildman–Crippen MR) is 127 cm³/mol. The molecule has 1 N–H and O–H groups in total. The topological polar surface area (TPSA) is 103 Å². The van der Waals surface area contributed by atoms with E-state index < -0.39 is 21.6 Å². The van der Waals surface area contributed by atoms with E-state index in [-0.39, 0.29) is 28.6 Å². The van der Waals surface area contributed by atoms with Crippen LogP contribution in [-0.4, -0.2) is 20.9 Å². The molecule has 176 valence electrons. The average molecular weight is 492 g/mol. The number of benzene rings is 2. The van der Waals surface area contributed by atoms with E-state index in [1.165, 1.54) is 6.07 Å². The maximum atomic E-state index is 12.2. The van der Waals surface area contributed by atoms with Crippen molar-refractivity contribution in [3.8, 4) is 5.75 Å². The third kappa shape index (κ3) is 6.22. The Morgan fingerprint density at radius 3 is 2.42 bits per heavy atom. The van der Waals surface area contributed by atoms with Gasteiger partial charge in [0.05, 0.1) is 9.92 Å². The average Bonchev–Trinajstić information content (AvgIpc) is 2.76. The first-order valence-electron chi connectivity index (χ1n) is 10.6. The molecule has 1 heterocycles. The molecule has 0 aliphatic carbocycles. The number of carbonyl (C=O) groups is 1. The molecular formula is C24H26ClNO6S. The van der Waals surface area contributed by atoms with Crippen LogP contribution in [0.3, 0.4) is 0 Å². The zero-order valence-corrected chi connectivity index (χ0v) is 20.3. The number of carbonyl (C=O) groups excluding carboxylic acids is 1. The Morgan fingerprint density at radius 1 is 1.03 bits per heavy atom. The van der Waals surface area contributed by atoms with Crippen LogP contribution < -0.4 is 15.1 Å². The highest BCUT2D eigenvalue weighted by molar-refractivity contribution is 7.89. The van der Waals surface area contributed by atoms with Crippen LogP contribution in [0, 0.1) is 20.8 Å². The molecule has 0 aliphatic rings. The highest BCUT2D eigenvalue weighted by atomic mass is 35.5. The summed E-state index contributed by atoms with van der Waals surface area (Å²) in [4.78, 5) is 24.3. The number of halogens is 1. The van der Waals surface area contributed by atoms with Crippen LogP contribution in [0.4, 0.5) is 0 Å². The van der Waals surface area contributed by atoms with Gasteiger partial charge in [0, 0.05) is 30.0 Å². The summed E-state index contributed by atoms with van der Waals surface area (Å²) >= 11 is 6.25. The van der Waals surface area contributed by atoms with Crippen molar-refractivity contribution in [2.24, 2.45) is 0 Å².